The SMILES string of the molecule is CCOC(CNCc1cc(OC)ccc1OC)OCC. The van der Waals surface area contributed by atoms with Crippen LogP contribution in [-0.4, -0.2) is 40.3 Å². The Bertz CT molecular complexity index is 378. The summed E-state index contributed by atoms with van der Waals surface area (Å²) < 4.78 is 21.5. The van der Waals surface area contributed by atoms with Gasteiger partial charge in [-0.2, -0.15) is 0 Å². The third-order valence-corrected chi connectivity index (χ3v) is 2.82. The van der Waals surface area contributed by atoms with Gasteiger partial charge in [0, 0.05) is 31.9 Å². The van der Waals surface area contributed by atoms with Crippen LogP contribution in [0.4, 0.5) is 0 Å². The fourth-order valence-electron chi connectivity index (χ4n) is 1.88. The van der Waals surface area contributed by atoms with Gasteiger partial charge in [-0.1, -0.05) is 0 Å². The molecule has 0 fully saturated rings. The standard InChI is InChI=1S/C15H25NO4/c1-5-19-15(20-6-2)11-16-10-12-9-13(17-3)7-8-14(12)18-4/h7-9,15-16H,5-6,10-11H2,1-4H3. The summed E-state index contributed by atoms with van der Waals surface area (Å²) in [6.45, 7) is 6.47. The summed E-state index contributed by atoms with van der Waals surface area (Å²) in [5.74, 6) is 1.65. The van der Waals surface area contributed by atoms with Crippen LogP contribution in [0.1, 0.15) is 19.4 Å². The van der Waals surface area contributed by atoms with Crippen LogP contribution in [0, 0.1) is 0 Å². The van der Waals surface area contributed by atoms with Gasteiger partial charge in [-0.15, -0.1) is 0 Å². The molecule has 1 aromatic rings. The molecule has 0 atom stereocenters. The van der Waals surface area contributed by atoms with Crippen molar-refractivity contribution in [1.29, 1.82) is 0 Å². The average Bonchev–Trinajstić information content (AvgIpc) is 2.47. The van der Waals surface area contributed by atoms with E-state index in [1.807, 2.05) is 32.0 Å². The highest BCUT2D eigenvalue weighted by Gasteiger charge is 2.09. The van der Waals surface area contributed by atoms with Gasteiger partial charge in [0.1, 0.15) is 11.5 Å². The van der Waals surface area contributed by atoms with Crippen LogP contribution in [-0.2, 0) is 16.0 Å². The van der Waals surface area contributed by atoms with Crippen LogP contribution in [0.2, 0.25) is 0 Å². The van der Waals surface area contributed by atoms with Crippen molar-refractivity contribution in [2.24, 2.45) is 0 Å². The quantitative estimate of drug-likeness (QED) is 0.667. The lowest BCUT2D eigenvalue weighted by atomic mass is 10.2. The number of rotatable bonds is 10. The Kier molecular flexibility index (Phi) is 8.02. The molecular formula is C15H25NO4. The second-order valence-electron chi connectivity index (χ2n) is 4.15. The van der Waals surface area contributed by atoms with Crippen LogP contribution in [0.15, 0.2) is 18.2 Å². The van der Waals surface area contributed by atoms with Crippen molar-refractivity contribution in [2.45, 2.75) is 26.7 Å². The number of ether oxygens (including phenoxy) is 4. The molecule has 0 saturated heterocycles. The number of hydrogen-bond acceptors (Lipinski definition) is 5. The normalized spacial score (nSPS) is 10.8. The molecule has 0 aliphatic carbocycles. The smallest absolute Gasteiger partial charge is 0.169 e. The molecule has 0 aromatic heterocycles. The zero-order valence-electron chi connectivity index (χ0n) is 12.8. The third kappa shape index (κ3) is 5.36. The highest BCUT2D eigenvalue weighted by molar-refractivity contribution is 5.40. The van der Waals surface area contributed by atoms with Crippen molar-refractivity contribution < 1.29 is 18.9 Å². The van der Waals surface area contributed by atoms with Crippen molar-refractivity contribution >= 4 is 0 Å². The van der Waals surface area contributed by atoms with E-state index in [4.69, 9.17) is 18.9 Å². The predicted octanol–water partition coefficient (Wildman–Crippen LogP) is 2.19. The maximum atomic E-state index is 5.48. The van der Waals surface area contributed by atoms with E-state index in [1.165, 1.54) is 0 Å². The second kappa shape index (κ2) is 9.58. The van der Waals surface area contributed by atoms with Crippen molar-refractivity contribution in [3.63, 3.8) is 0 Å². The molecule has 0 unspecified atom stereocenters. The molecule has 20 heavy (non-hydrogen) atoms. The van der Waals surface area contributed by atoms with Crippen LogP contribution < -0.4 is 14.8 Å². The molecular weight excluding hydrogens is 258 g/mol. The van der Waals surface area contributed by atoms with Gasteiger partial charge in [-0.05, 0) is 32.0 Å². The van der Waals surface area contributed by atoms with Gasteiger partial charge >= 0.3 is 0 Å². The number of benzene rings is 1. The Morgan fingerprint density at radius 3 is 2.30 bits per heavy atom. The predicted molar refractivity (Wildman–Crippen MR) is 78.3 cm³/mol. The molecule has 1 rings (SSSR count). The van der Waals surface area contributed by atoms with Crippen LogP contribution in [0.25, 0.3) is 0 Å². The van der Waals surface area contributed by atoms with E-state index in [0.717, 1.165) is 17.1 Å². The molecule has 1 aromatic carbocycles. The number of nitrogens with one attached hydrogen (secondary N) is 1. The Labute approximate surface area is 121 Å². The van der Waals surface area contributed by atoms with E-state index in [1.54, 1.807) is 14.2 Å². The van der Waals surface area contributed by atoms with Gasteiger partial charge in [0.2, 0.25) is 0 Å². The molecule has 0 bridgehead atoms. The van der Waals surface area contributed by atoms with E-state index in [2.05, 4.69) is 5.32 Å². The molecule has 114 valence electrons. The summed E-state index contributed by atoms with van der Waals surface area (Å²) in [6.07, 6.45) is -0.221. The van der Waals surface area contributed by atoms with E-state index >= 15 is 0 Å². The molecule has 0 saturated carbocycles. The van der Waals surface area contributed by atoms with Gasteiger partial charge in [0.25, 0.3) is 0 Å². The average molecular weight is 283 g/mol. The molecule has 0 amide bonds. The summed E-state index contributed by atoms with van der Waals surface area (Å²) in [4.78, 5) is 0. The topological polar surface area (TPSA) is 49.0 Å². The van der Waals surface area contributed by atoms with Gasteiger partial charge in [0.15, 0.2) is 6.29 Å². The van der Waals surface area contributed by atoms with Gasteiger partial charge in [0.05, 0.1) is 14.2 Å². The van der Waals surface area contributed by atoms with E-state index < -0.39 is 0 Å². The third-order valence-electron chi connectivity index (χ3n) is 2.82. The van der Waals surface area contributed by atoms with E-state index in [9.17, 15) is 0 Å². The highest BCUT2D eigenvalue weighted by Crippen LogP contribution is 2.23. The Balaban J connectivity index is 2.55. The van der Waals surface area contributed by atoms with Gasteiger partial charge < -0.3 is 24.3 Å². The minimum absolute atomic E-state index is 0.221. The monoisotopic (exact) mass is 283 g/mol. The van der Waals surface area contributed by atoms with Crippen molar-refractivity contribution in [2.75, 3.05) is 34.0 Å². The summed E-state index contributed by atoms with van der Waals surface area (Å²) in [6, 6.07) is 5.74. The first-order valence-electron chi connectivity index (χ1n) is 6.89. The molecule has 0 spiro atoms. The first kappa shape index (κ1) is 16.8. The lowest BCUT2D eigenvalue weighted by Crippen LogP contribution is -2.31. The lowest BCUT2D eigenvalue weighted by Gasteiger charge is -2.18. The second-order valence-corrected chi connectivity index (χ2v) is 4.15. The van der Waals surface area contributed by atoms with E-state index in [0.29, 0.717) is 26.3 Å². The first-order valence-corrected chi connectivity index (χ1v) is 6.89. The molecule has 1 N–H and O–H groups in total. The summed E-state index contributed by atoms with van der Waals surface area (Å²) in [5, 5.41) is 3.31. The minimum atomic E-state index is -0.221. The van der Waals surface area contributed by atoms with Gasteiger partial charge in [-0.3, -0.25) is 0 Å². The molecule has 0 heterocycles. The Morgan fingerprint density at radius 2 is 1.75 bits per heavy atom. The highest BCUT2D eigenvalue weighted by atomic mass is 16.7. The van der Waals surface area contributed by atoms with Crippen LogP contribution >= 0.6 is 0 Å². The fraction of sp³-hybridized carbons (Fsp3) is 0.600. The fourth-order valence-corrected chi connectivity index (χ4v) is 1.88. The van der Waals surface area contributed by atoms with Crippen molar-refractivity contribution in [3.8, 4) is 11.5 Å². The molecule has 0 radical (unpaired) electrons. The van der Waals surface area contributed by atoms with Crippen LogP contribution in [0.5, 0.6) is 11.5 Å². The summed E-state index contributed by atoms with van der Waals surface area (Å²) >= 11 is 0. The number of methoxy groups -OCH3 is 2. The summed E-state index contributed by atoms with van der Waals surface area (Å²) in [5.41, 5.74) is 1.04. The minimum Gasteiger partial charge on any atom is -0.497 e. The first-order chi connectivity index (χ1) is 9.74. The largest absolute Gasteiger partial charge is 0.497 e. The molecule has 0 aliphatic rings. The Hall–Kier alpha value is -1.30. The summed E-state index contributed by atoms with van der Waals surface area (Å²) in [7, 11) is 3.31. The molecule has 0 aliphatic heterocycles. The maximum absolute atomic E-state index is 5.48. The van der Waals surface area contributed by atoms with Gasteiger partial charge in [-0.25, -0.2) is 0 Å². The zero-order valence-corrected chi connectivity index (χ0v) is 12.8. The maximum Gasteiger partial charge on any atom is 0.169 e. The van der Waals surface area contributed by atoms with Crippen molar-refractivity contribution in [3.05, 3.63) is 23.8 Å². The zero-order chi connectivity index (χ0) is 14.8. The van der Waals surface area contributed by atoms with E-state index in [-0.39, 0.29) is 6.29 Å². The van der Waals surface area contributed by atoms with Crippen molar-refractivity contribution in [1.82, 2.24) is 5.32 Å². The number of hydrogen-bond donors (Lipinski definition) is 1. The molecule has 5 nitrogen and oxygen atoms in total. The molecule has 5 heteroatoms. The Morgan fingerprint density at radius 1 is 1.05 bits per heavy atom. The van der Waals surface area contributed by atoms with Crippen LogP contribution in [0.3, 0.4) is 0 Å². The lowest BCUT2D eigenvalue weighted by molar-refractivity contribution is -0.133.